The van der Waals surface area contributed by atoms with Crippen LogP contribution in [0.25, 0.3) is 0 Å². The average molecular weight is 473 g/mol. The van der Waals surface area contributed by atoms with Crippen LogP contribution in [0.5, 0.6) is 5.75 Å². The monoisotopic (exact) mass is 472 g/mol. The van der Waals surface area contributed by atoms with E-state index in [1.807, 2.05) is 66.9 Å². The van der Waals surface area contributed by atoms with E-state index in [2.05, 4.69) is 29.2 Å². The first kappa shape index (κ1) is 25.1. The molecule has 0 saturated carbocycles. The fraction of sp³-hybridized carbons (Fsp3) is 0.367. The third kappa shape index (κ3) is 7.25. The minimum Gasteiger partial charge on any atom is -0.489 e. The largest absolute Gasteiger partial charge is 0.489 e. The summed E-state index contributed by atoms with van der Waals surface area (Å²) in [6, 6.07) is 28.0. The summed E-state index contributed by atoms with van der Waals surface area (Å²) < 4.78 is 12.0. The highest BCUT2D eigenvalue weighted by atomic mass is 16.5. The number of methoxy groups -OCH3 is 1. The lowest BCUT2D eigenvalue weighted by Crippen LogP contribution is -2.32. The number of nitrogens with zero attached hydrogens (tertiary/aromatic N) is 2. The van der Waals surface area contributed by atoms with E-state index < -0.39 is 0 Å². The topological polar surface area (TPSA) is 54.3 Å². The van der Waals surface area contributed by atoms with Crippen molar-refractivity contribution in [2.75, 3.05) is 33.4 Å². The van der Waals surface area contributed by atoms with Crippen LogP contribution in [-0.4, -0.2) is 49.6 Å². The van der Waals surface area contributed by atoms with Crippen molar-refractivity contribution in [3.8, 4) is 5.75 Å². The molecule has 35 heavy (non-hydrogen) atoms. The Kier molecular flexibility index (Phi) is 9.47. The Labute approximate surface area is 209 Å². The van der Waals surface area contributed by atoms with Gasteiger partial charge in [0.1, 0.15) is 12.4 Å². The van der Waals surface area contributed by atoms with Gasteiger partial charge in [0.2, 0.25) is 0 Å². The first-order valence-corrected chi connectivity index (χ1v) is 12.5. The molecule has 0 aliphatic carbocycles. The first-order chi connectivity index (χ1) is 17.3. The summed E-state index contributed by atoms with van der Waals surface area (Å²) in [5.74, 6) is 0.897. The van der Waals surface area contributed by atoms with Gasteiger partial charge in [0.25, 0.3) is 0 Å². The molecule has 1 aliphatic rings. The maximum atomic E-state index is 9.98. The van der Waals surface area contributed by atoms with E-state index in [0.29, 0.717) is 6.61 Å². The summed E-state index contributed by atoms with van der Waals surface area (Å²) >= 11 is 0. The van der Waals surface area contributed by atoms with Gasteiger partial charge in [0.15, 0.2) is 0 Å². The normalized spacial score (nSPS) is 16.9. The van der Waals surface area contributed by atoms with Crippen molar-refractivity contribution in [1.82, 2.24) is 4.90 Å². The number of ether oxygens (including phenoxy) is 2. The summed E-state index contributed by atoms with van der Waals surface area (Å²) in [4.78, 5) is 7.31. The lowest BCUT2D eigenvalue weighted by atomic mass is 9.95. The van der Waals surface area contributed by atoms with Gasteiger partial charge in [-0.05, 0) is 54.8 Å². The van der Waals surface area contributed by atoms with Crippen LogP contribution in [0, 0.1) is 5.92 Å². The number of benzene rings is 3. The van der Waals surface area contributed by atoms with Gasteiger partial charge in [-0.3, -0.25) is 4.99 Å². The van der Waals surface area contributed by atoms with E-state index in [9.17, 15) is 5.11 Å². The number of rotatable bonds is 12. The second kappa shape index (κ2) is 13.2. The predicted molar refractivity (Wildman–Crippen MR) is 141 cm³/mol. The van der Waals surface area contributed by atoms with Crippen LogP contribution in [0.2, 0.25) is 0 Å². The van der Waals surface area contributed by atoms with Gasteiger partial charge in [0, 0.05) is 25.8 Å². The Morgan fingerprint density at radius 1 is 0.886 bits per heavy atom. The Morgan fingerprint density at radius 3 is 2.17 bits per heavy atom. The standard InChI is InChI=1S/C30H36N2O3/c1-34-30(26-14-16-28(17-15-26)35-23-24-10-4-2-5-11-24)27(21-32-18-8-9-19-32)20-31-29(22-33)25-12-6-3-7-13-25/h2-7,10-17,20,27,29-30,33H,8-9,18-19,21-23H2,1H3/b31-20-/t27-,29-,30-/m1/s1. The van der Waals surface area contributed by atoms with Gasteiger partial charge < -0.3 is 19.5 Å². The van der Waals surface area contributed by atoms with E-state index in [1.165, 1.54) is 12.8 Å². The molecular formula is C30H36N2O3. The maximum Gasteiger partial charge on any atom is 0.119 e. The molecular weight excluding hydrogens is 436 g/mol. The third-order valence-corrected chi connectivity index (χ3v) is 6.58. The molecule has 1 heterocycles. The molecule has 3 atom stereocenters. The van der Waals surface area contributed by atoms with Gasteiger partial charge in [-0.1, -0.05) is 72.8 Å². The smallest absolute Gasteiger partial charge is 0.119 e. The second-order valence-electron chi connectivity index (χ2n) is 9.08. The van der Waals surface area contributed by atoms with E-state index in [1.54, 1.807) is 7.11 Å². The molecule has 0 radical (unpaired) electrons. The highest BCUT2D eigenvalue weighted by molar-refractivity contribution is 5.63. The van der Waals surface area contributed by atoms with Crippen LogP contribution in [0.15, 0.2) is 89.9 Å². The summed E-state index contributed by atoms with van der Waals surface area (Å²) in [5.41, 5.74) is 3.25. The van der Waals surface area contributed by atoms with Gasteiger partial charge in [0.05, 0.1) is 18.8 Å². The number of aliphatic hydroxyl groups excluding tert-OH is 1. The van der Waals surface area contributed by atoms with Gasteiger partial charge in [-0.2, -0.15) is 0 Å². The molecule has 1 saturated heterocycles. The van der Waals surface area contributed by atoms with E-state index in [4.69, 9.17) is 14.5 Å². The number of aliphatic hydroxyl groups is 1. The van der Waals surface area contributed by atoms with E-state index in [-0.39, 0.29) is 24.7 Å². The molecule has 0 unspecified atom stereocenters. The molecule has 0 bridgehead atoms. The lowest BCUT2D eigenvalue weighted by molar-refractivity contribution is 0.0637. The molecule has 0 aromatic heterocycles. The van der Waals surface area contributed by atoms with E-state index >= 15 is 0 Å². The molecule has 3 aromatic rings. The van der Waals surface area contributed by atoms with Crippen molar-refractivity contribution < 1.29 is 14.6 Å². The zero-order valence-electron chi connectivity index (χ0n) is 20.5. The molecule has 0 spiro atoms. The fourth-order valence-corrected chi connectivity index (χ4v) is 4.67. The molecule has 1 aliphatic heterocycles. The molecule has 1 fully saturated rings. The molecule has 4 rings (SSSR count). The first-order valence-electron chi connectivity index (χ1n) is 12.5. The molecule has 0 amide bonds. The highest BCUT2D eigenvalue weighted by Crippen LogP contribution is 2.29. The summed E-state index contributed by atoms with van der Waals surface area (Å²) in [5, 5.41) is 9.98. The Bertz CT molecular complexity index is 1020. The third-order valence-electron chi connectivity index (χ3n) is 6.58. The minimum atomic E-state index is -0.274. The molecule has 3 aromatic carbocycles. The minimum absolute atomic E-state index is 0.0257. The van der Waals surface area contributed by atoms with Crippen molar-refractivity contribution in [2.45, 2.75) is 31.6 Å². The predicted octanol–water partition coefficient (Wildman–Crippen LogP) is 5.47. The number of aliphatic imine (C=N–C) groups is 1. The second-order valence-corrected chi connectivity index (χ2v) is 9.08. The molecule has 1 N–H and O–H groups in total. The van der Waals surface area contributed by atoms with Crippen LogP contribution in [0.4, 0.5) is 0 Å². The lowest BCUT2D eigenvalue weighted by Gasteiger charge is -2.28. The van der Waals surface area contributed by atoms with Crippen molar-refractivity contribution in [3.05, 3.63) is 102 Å². The zero-order chi connectivity index (χ0) is 24.3. The molecule has 5 nitrogen and oxygen atoms in total. The Morgan fingerprint density at radius 2 is 1.54 bits per heavy atom. The van der Waals surface area contributed by atoms with Crippen LogP contribution in [0.1, 0.15) is 41.7 Å². The number of hydrogen-bond donors (Lipinski definition) is 1. The SMILES string of the molecule is CO[C@H](c1ccc(OCc2ccccc2)cc1)[C@H](/C=N\[C@H](CO)c1ccccc1)CN1CCCC1. The zero-order valence-corrected chi connectivity index (χ0v) is 20.5. The Balaban J connectivity index is 1.49. The molecule has 184 valence electrons. The van der Waals surface area contributed by atoms with Crippen molar-refractivity contribution in [2.24, 2.45) is 10.9 Å². The quantitative estimate of drug-likeness (QED) is 0.355. The van der Waals surface area contributed by atoms with Gasteiger partial charge in [-0.25, -0.2) is 0 Å². The number of likely N-dealkylation sites (tertiary alicyclic amines) is 1. The van der Waals surface area contributed by atoms with Crippen LogP contribution >= 0.6 is 0 Å². The fourth-order valence-electron chi connectivity index (χ4n) is 4.67. The van der Waals surface area contributed by atoms with Gasteiger partial charge in [-0.15, -0.1) is 0 Å². The van der Waals surface area contributed by atoms with Crippen LogP contribution in [0.3, 0.4) is 0 Å². The summed E-state index contributed by atoms with van der Waals surface area (Å²) in [6.07, 6.45) is 4.33. The van der Waals surface area contributed by atoms with Crippen molar-refractivity contribution in [1.29, 1.82) is 0 Å². The Hall–Kier alpha value is -2.99. The molecule has 5 heteroatoms. The van der Waals surface area contributed by atoms with Crippen LogP contribution in [-0.2, 0) is 11.3 Å². The number of hydrogen-bond acceptors (Lipinski definition) is 5. The average Bonchev–Trinajstić information content (AvgIpc) is 3.43. The van der Waals surface area contributed by atoms with Gasteiger partial charge >= 0.3 is 0 Å². The van der Waals surface area contributed by atoms with Crippen LogP contribution < -0.4 is 4.74 Å². The maximum absolute atomic E-state index is 9.98. The van der Waals surface area contributed by atoms with Crippen molar-refractivity contribution >= 4 is 6.21 Å². The van der Waals surface area contributed by atoms with Crippen molar-refractivity contribution in [3.63, 3.8) is 0 Å². The summed E-state index contributed by atoms with van der Waals surface area (Å²) in [6.45, 7) is 3.60. The highest BCUT2D eigenvalue weighted by Gasteiger charge is 2.26. The summed E-state index contributed by atoms with van der Waals surface area (Å²) in [7, 11) is 1.76. The van der Waals surface area contributed by atoms with E-state index in [0.717, 1.165) is 42.1 Å².